The maximum atomic E-state index is 11.3. The molecule has 0 amide bonds. The molecule has 0 aliphatic carbocycles. The van der Waals surface area contributed by atoms with E-state index in [9.17, 15) is 4.79 Å². The summed E-state index contributed by atoms with van der Waals surface area (Å²) in [5.74, 6) is 0.717. The summed E-state index contributed by atoms with van der Waals surface area (Å²) in [6.45, 7) is 1.56. The number of ketones is 1. The highest BCUT2D eigenvalue weighted by molar-refractivity contribution is 5.93. The summed E-state index contributed by atoms with van der Waals surface area (Å²) in [5, 5.41) is 3.00. The fourth-order valence-electron chi connectivity index (χ4n) is 1.16. The van der Waals surface area contributed by atoms with Gasteiger partial charge in [-0.05, 0) is 26.1 Å². The van der Waals surface area contributed by atoms with Crippen molar-refractivity contribution in [2.45, 2.75) is 19.3 Å². The van der Waals surface area contributed by atoms with Crippen molar-refractivity contribution < 1.29 is 9.53 Å². The topological polar surface area (TPSA) is 38.3 Å². The van der Waals surface area contributed by atoms with E-state index in [2.05, 4.69) is 5.32 Å². The number of Topliss-reactive ketones (excluding diaryl/α,β-unsaturated/α-hetero) is 1. The SMILES string of the molecule is CNCCCC(=O)C1=CCCO1. The van der Waals surface area contributed by atoms with Crippen molar-refractivity contribution in [3.8, 4) is 0 Å². The van der Waals surface area contributed by atoms with Crippen LogP contribution in [-0.4, -0.2) is 26.0 Å². The van der Waals surface area contributed by atoms with E-state index in [1.807, 2.05) is 13.1 Å². The fraction of sp³-hybridized carbons (Fsp3) is 0.667. The van der Waals surface area contributed by atoms with E-state index in [4.69, 9.17) is 4.74 Å². The molecular weight excluding hydrogens is 154 g/mol. The van der Waals surface area contributed by atoms with E-state index in [1.54, 1.807) is 0 Å². The van der Waals surface area contributed by atoms with Crippen molar-refractivity contribution in [1.82, 2.24) is 5.32 Å². The molecule has 0 unspecified atom stereocenters. The second-order valence-corrected chi connectivity index (χ2v) is 2.84. The maximum Gasteiger partial charge on any atom is 0.197 e. The molecule has 1 rings (SSSR count). The van der Waals surface area contributed by atoms with Gasteiger partial charge in [0.2, 0.25) is 0 Å². The predicted molar refractivity (Wildman–Crippen MR) is 46.8 cm³/mol. The lowest BCUT2D eigenvalue weighted by Crippen LogP contribution is -2.11. The lowest BCUT2D eigenvalue weighted by molar-refractivity contribution is -0.118. The van der Waals surface area contributed by atoms with Gasteiger partial charge in [-0.15, -0.1) is 0 Å². The monoisotopic (exact) mass is 169 g/mol. The molecular formula is C9H15NO2. The standard InChI is InChI=1S/C9H15NO2/c1-10-6-2-4-8(11)9-5-3-7-12-9/h5,10H,2-4,6-7H2,1H3. The zero-order chi connectivity index (χ0) is 8.81. The second kappa shape index (κ2) is 4.93. The Morgan fingerprint density at radius 3 is 3.17 bits per heavy atom. The third kappa shape index (κ3) is 2.66. The van der Waals surface area contributed by atoms with Crippen LogP contribution in [0.2, 0.25) is 0 Å². The van der Waals surface area contributed by atoms with Gasteiger partial charge < -0.3 is 10.1 Å². The Labute approximate surface area is 72.8 Å². The molecule has 12 heavy (non-hydrogen) atoms. The third-order valence-electron chi connectivity index (χ3n) is 1.81. The number of hydrogen-bond donors (Lipinski definition) is 1. The largest absolute Gasteiger partial charge is 0.490 e. The van der Waals surface area contributed by atoms with Gasteiger partial charge in [-0.3, -0.25) is 4.79 Å². The van der Waals surface area contributed by atoms with E-state index in [0.717, 1.165) is 19.4 Å². The first-order valence-corrected chi connectivity index (χ1v) is 4.35. The molecule has 0 aromatic rings. The van der Waals surface area contributed by atoms with Gasteiger partial charge in [0, 0.05) is 12.8 Å². The minimum Gasteiger partial charge on any atom is -0.490 e. The Balaban J connectivity index is 2.19. The molecule has 0 spiro atoms. The average molecular weight is 169 g/mol. The maximum absolute atomic E-state index is 11.3. The van der Waals surface area contributed by atoms with Crippen molar-refractivity contribution in [2.24, 2.45) is 0 Å². The van der Waals surface area contributed by atoms with Crippen molar-refractivity contribution in [3.05, 3.63) is 11.8 Å². The Morgan fingerprint density at radius 2 is 2.58 bits per heavy atom. The number of nitrogens with one attached hydrogen (secondary N) is 1. The minimum atomic E-state index is 0.141. The van der Waals surface area contributed by atoms with Gasteiger partial charge in [0.1, 0.15) is 0 Å². The van der Waals surface area contributed by atoms with Crippen molar-refractivity contribution >= 4 is 5.78 Å². The molecule has 0 bridgehead atoms. The number of carbonyl (C=O) groups excluding carboxylic acids is 1. The lowest BCUT2D eigenvalue weighted by Gasteiger charge is -2.01. The van der Waals surface area contributed by atoms with Gasteiger partial charge >= 0.3 is 0 Å². The van der Waals surface area contributed by atoms with Gasteiger partial charge in [0.15, 0.2) is 11.5 Å². The van der Waals surface area contributed by atoms with Crippen LogP contribution in [0.4, 0.5) is 0 Å². The molecule has 3 nitrogen and oxygen atoms in total. The number of rotatable bonds is 5. The Bertz CT molecular complexity index is 187. The van der Waals surface area contributed by atoms with Crippen LogP contribution in [-0.2, 0) is 9.53 Å². The molecule has 0 saturated carbocycles. The van der Waals surface area contributed by atoms with E-state index in [0.29, 0.717) is 18.8 Å². The summed E-state index contributed by atoms with van der Waals surface area (Å²) >= 11 is 0. The second-order valence-electron chi connectivity index (χ2n) is 2.84. The molecule has 3 heteroatoms. The van der Waals surface area contributed by atoms with Crippen LogP contribution < -0.4 is 5.32 Å². The summed E-state index contributed by atoms with van der Waals surface area (Å²) in [7, 11) is 1.88. The first kappa shape index (κ1) is 9.26. The van der Waals surface area contributed by atoms with Crippen molar-refractivity contribution in [2.75, 3.05) is 20.2 Å². The number of allylic oxidation sites excluding steroid dienone is 1. The number of hydrogen-bond acceptors (Lipinski definition) is 3. The van der Waals surface area contributed by atoms with Crippen LogP contribution in [0.5, 0.6) is 0 Å². The highest BCUT2D eigenvalue weighted by atomic mass is 16.5. The van der Waals surface area contributed by atoms with Crippen molar-refractivity contribution in [3.63, 3.8) is 0 Å². The molecule has 1 N–H and O–H groups in total. The van der Waals surface area contributed by atoms with Gasteiger partial charge in [-0.25, -0.2) is 0 Å². The van der Waals surface area contributed by atoms with Gasteiger partial charge in [-0.1, -0.05) is 0 Å². The minimum absolute atomic E-state index is 0.141. The lowest BCUT2D eigenvalue weighted by atomic mass is 10.2. The highest BCUT2D eigenvalue weighted by Gasteiger charge is 2.13. The molecule has 1 aliphatic heterocycles. The van der Waals surface area contributed by atoms with Crippen molar-refractivity contribution in [1.29, 1.82) is 0 Å². The van der Waals surface area contributed by atoms with Crippen LogP contribution in [0.15, 0.2) is 11.8 Å². The Morgan fingerprint density at radius 1 is 1.75 bits per heavy atom. The number of ether oxygens (including phenoxy) is 1. The molecule has 68 valence electrons. The molecule has 0 atom stereocenters. The molecule has 0 aromatic carbocycles. The summed E-state index contributed by atoms with van der Waals surface area (Å²) < 4.78 is 5.14. The Kier molecular flexibility index (Phi) is 3.80. The first-order chi connectivity index (χ1) is 5.84. The van der Waals surface area contributed by atoms with Gasteiger partial charge in [-0.2, -0.15) is 0 Å². The van der Waals surface area contributed by atoms with Crippen LogP contribution in [0, 0.1) is 0 Å². The van der Waals surface area contributed by atoms with Crippen LogP contribution in [0.1, 0.15) is 19.3 Å². The van der Waals surface area contributed by atoms with Gasteiger partial charge in [0.25, 0.3) is 0 Å². The van der Waals surface area contributed by atoms with Crippen LogP contribution in [0.3, 0.4) is 0 Å². The zero-order valence-electron chi connectivity index (χ0n) is 7.43. The predicted octanol–water partition coefficient (Wildman–Crippen LogP) is 0.859. The first-order valence-electron chi connectivity index (χ1n) is 4.35. The normalized spacial score (nSPS) is 15.6. The molecule has 0 fully saturated rings. The molecule has 0 radical (unpaired) electrons. The number of carbonyl (C=O) groups is 1. The highest BCUT2D eigenvalue weighted by Crippen LogP contribution is 2.12. The molecule has 1 heterocycles. The molecule has 0 saturated heterocycles. The summed E-state index contributed by atoms with van der Waals surface area (Å²) in [4.78, 5) is 11.3. The molecule has 0 aromatic heterocycles. The molecule has 1 aliphatic rings. The van der Waals surface area contributed by atoms with Crippen LogP contribution >= 0.6 is 0 Å². The van der Waals surface area contributed by atoms with Crippen LogP contribution in [0.25, 0.3) is 0 Å². The van der Waals surface area contributed by atoms with E-state index < -0.39 is 0 Å². The Hall–Kier alpha value is -0.830. The summed E-state index contributed by atoms with van der Waals surface area (Å²) in [6.07, 6.45) is 4.23. The average Bonchev–Trinajstić information content (AvgIpc) is 2.56. The van der Waals surface area contributed by atoms with E-state index >= 15 is 0 Å². The summed E-state index contributed by atoms with van der Waals surface area (Å²) in [5.41, 5.74) is 0. The zero-order valence-corrected chi connectivity index (χ0v) is 7.43. The summed E-state index contributed by atoms with van der Waals surface area (Å²) in [6, 6.07) is 0. The van der Waals surface area contributed by atoms with E-state index in [1.165, 1.54) is 0 Å². The smallest absolute Gasteiger partial charge is 0.197 e. The third-order valence-corrected chi connectivity index (χ3v) is 1.81. The van der Waals surface area contributed by atoms with Gasteiger partial charge in [0.05, 0.1) is 6.61 Å². The quantitative estimate of drug-likeness (QED) is 0.620. The van der Waals surface area contributed by atoms with E-state index in [-0.39, 0.29) is 5.78 Å². The fourth-order valence-corrected chi connectivity index (χ4v) is 1.16.